The molecule has 146 valence electrons. The molecule has 0 radical (unpaired) electrons. The first-order valence-electron chi connectivity index (χ1n) is 9.56. The van der Waals surface area contributed by atoms with Crippen molar-refractivity contribution in [2.45, 2.75) is 45.3 Å². The zero-order valence-corrected chi connectivity index (χ0v) is 17.2. The van der Waals surface area contributed by atoms with E-state index in [-0.39, 0.29) is 5.91 Å². The van der Waals surface area contributed by atoms with E-state index in [0.717, 1.165) is 49.3 Å². The lowest BCUT2D eigenvalue weighted by Crippen LogP contribution is -2.49. The number of hydrogen-bond donors (Lipinski definition) is 0. The van der Waals surface area contributed by atoms with E-state index in [1.807, 2.05) is 17.9 Å². The summed E-state index contributed by atoms with van der Waals surface area (Å²) >= 11 is 1.55. The van der Waals surface area contributed by atoms with Gasteiger partial charge in [-0.1, -0.05) is 25.1 Å². The normalized spacial score (nSPS) is 14.6. The van der Waals surface area contributed by atoms with Gasteiger partial charge in [0.25, 0.3) is 0 Å². The molecule has 1 fully saturated rings. The van der Waals surface area contributed by atoms with Crippen LogP contribution in [0.4, 0.5) is 5.95 Å². The average molecular weight is 389 g/mol. The molecule has 1 saturated heterocycles. The molecule has 2 aromatic rings. The van der Waals surface area contributed by atoms with Crippen molar-refractivity contribution in [2.75, 3.05) is 36.8 Å². The molecule has 0 atom stereocenters. The number of anilines is 1. The molecule has 2 aromatic heterocycles. The standard InChI is InChI=1S/C19H28N6OS/c1-4-5-9-25-16(3)15(2)22-19(25)27-14-17(26)23-10-12-24(13-11-23)18-20-7-6-8-21-18/h6-8H,4-5,9-14H2,1-3H3. The van der Waals surface area contributed by atoms with Gasteiger partial charge >= 0.3 is 0 Å². The Balaban J connectivity index is 1.53. The maximum Gasteiger partial charge on any atom is 0.233 e. The van der Waals surface area contributed by atoms with Gasteiger partial charge in [-0.2, -0.15) is 0 Å². The minimum atomic E-state index is 0.175. The second kappa shape index (κ2) is 9.21. The lowest BCUT2D eigenvalue weighted by molar-refractivity contribution is -0.128. The summed E-state index contributed by atoms with van der Waals surface area (Å²) in [5.74, 6) is 1.35. The molecule has 0 aromatic carbocycles. The largest absolute Gasteiger partial charge is 0.338 e. The SMILES string of the molecule is CCCCn1c(SCC(=O)N2CCN(c3ncccn3)CC2)nc(C)c1C. The monoisotopic (exact) mass is 388 g/mol. The zero-order valence-electron chi connectivity index (χ0n) is 16.4. The fraction of sp³-hybridized carbons (Fsp3) is 0.579. The number of amides is 1. The number of rotatable bonds is 7. The molecule has 0 spiro atoms. The summed E-state index contributed by atoms with van der Waals surface area (Å²) in [6.07, 6.45) is 5.78. The Hall–Kier alpha value is -2.09. The van der Waals surface area contributed by atoms with Gasteiger partial charge in [-0.3, -0.25) is 4.79 Å². The molecular formula is C19H28N6OS. The highest BCUT2D eigenvalue weighted by Crippen LogP contribution is 2.22. The van der Waals surface area contributed by atoms with Crippen LogP contribution in [0.3, 0.4) is 0 Å². The summed E-state index contributed by atoms with van der Waals surface area (Å²) in [5.41, 5.74) is 2.26. The molecule has 0 aliphatic carbocycles. The summed E-state index contributed by atoms with van der Waals surface area (Å²) < 4.78 is 2.25. The first-order chi connectivity index (χ1) is 13.1. The minimum absolute atomic E-state index is 0.175. The van der Waals surface area contributed by atoms with Gasteiger partial charge in [-0.25, -0.2) is 15.0 Å². The van der Waals surface area contributed by atoms with Crippen molar-refractivity contribution in [2.24, 2.45) is 0 Å². The molecule has 27 heavy (non-hydrogen) atoms. The van der Waals surface area contributed by atoms with Crippen LogP contribution in [0.25, 0.3) is 0 Å². The van der Waals surface area contributed by atoms with Gasteiger partial charge in [0, 0.05) is 50.8 Å². The van der Waals surface area contributed by atoms with Gasteiger partial charge in [0.15, 0.2) is 5.16 Å². The van der Waals surface area contributed by atoms with Crippen molar-refractivity contribution in [1.82, 2.24) is 24.4 Å². The summed E-state index contributed by atoms with van der Waals surface area (Å²) in [7, 11) is 0. The predicted octanol–water partition coefficient (Wildman–Crippen LogP) is 2.53. The Bertz CT molecular complexity index is 755. The summed E-state index contributed by atoms with van der Waals surface area (Å²) in [6, 6.07) is 1.81. The van der Waals surface area contributed by atoms with E-state index in [0.29, 0.717) is 18.8 Å². The first kappa shape index (κ1) is 19.7. The molecule has 3 heterocycles. The van der Waals surface area contributed by atoms with Gasteiger partial charge in [0.2, 0.25) is 11.9 Å². The van der Waals surface area contributed by atoms with E-state index in [2.05, 4.69) is 38.3 Å². The van der Waals surface area contributed by atoms with Crippen molar-refractivity contribution in [3.8, 4) is 0 Å². The predicted molar refractivity (Wildman–Crippen MR) is 108 cm³/mol. The van der Waals surface area contributed by atoms with Gasteiger partial charge in [0.1, 0.15) is 0 Å². The molecule has 0 bridgehead atoms. The maximum absolute atomic E-state index is 12.6. The summed E-state index contributed by atoms with van der Waals surface area (Å²) in [5, 5.41) is 0.961. The van der Waals surface area contributed by atoms with Gasteiger partial charge in [0.05, 0.1) is 11.4 Å². The van der Waals surface area contributed by atoms with Crippen molar-refractivity contribution in [3.63, 3.8) is 0 Å². The number of piperazine rings is 1. The highest BCUT2D eigenvalue weighted by atomic mass is 32.2. The Morgan fingerprint density at radius 2 is 1.85 bits per heavy atom. The molecule has 0 N–H and O–H groups in total. The molecule has 1 amide bonds. The van der Waals surface area contributed by atoms with Gasteiger partial charge in [-0.05, 0) is 26.3 Å². The molecule has 7 nitrogen and oxygen atoms in total. The zero-order chi connectivity index (χ0) is 19.2. The van der Waals surface area contributed by atoms with Crippen molar-refractivity contribution >= 4 is 23.6 Å². The molecule has 1 aliphatic rings. The number of nitrogens with zero attached hydrogens (tertiary/aromatic N) is 6. The van der Waals surface area contributed by atoms with E-state index >= 15 is 0 Å². The van der Waals surface area contributed by atoms with Crippen LogP contribution >= 0.6 is 11.8 Å². The van der Waals surface area contributed by atoms with Crippen LogP contribution < -0.4 is 4.90 Å². The fourth-order valence-corrected chi connectivity index (χ4v) is 4.16. The summed E-state index contributed by atoms with van der Waals surface area (Å²) in [6.45, 7) is 10.3. The number of carbonyl (C=O) groups is 1. The highest BCUT2D eigenvalue weighted by molar-refractivity contribution is 7.99. The fourth-order valence-electron chi connectivity index (χ4n) is 3.14. The van der Waals surface area contributed by atoms with Crippen LogP contribution in [0.15, 0.2) is 23.6 Å². The Kier molecular flexibility index (Phi) is 6.71. The lowest BCUT2D eigenvalue weighted by Gasteiger charge is -2.34. The third kappa shape index (κ3) is 4.80. The van der Waals surface area contributed by atoms with Gasteiger partial charge < -0.3 is 14.4 Å². The second-order valence-corrected chi connectivity index (χ2v) is 7.72. The van der Waals surface area contributed by atoms with Crippen molar-refractivity contribution in [3.05, 3.63) is 29.8 Å². The quantitative estimate of drug-likeness (QED) is 0.679. The van der Waals surface area contributed by atoms with Crippen LogP contribution in [-0.2, 0) is 11.3 Å². The Morgan fingerprint density at radius 3 is 2.52 bits per heavy atom. The van der Waals surface area contributed by atoms with Crippen LogP contribution in [0, 0.1) is 13.8 Å². The molecule has 0 saturated carbocycles. The molecule has 8 heteroatoms. The lowest BCUT2D eigenvalue weighted by atomic mass is 10.3. The first-order valence-corrected chi connectivity index (χ1v) is 10.5. The van der Waals surface area contributed by atoms with E-state index in [9.17, 15) is 4.79 Å². The van der Waals surface area contributed by atoms with Crippen molar-refractivity contribution in [1.29, 1.82) is 0 Å². The smallest absolute Gasteiger partial charge is 0.233 e. The van der Waals surface area contributed by atoms with Crippen LogP contribution in [0.5, 0.6) is 0 Å². The van der Waals surface area contributed by atoms with Crippen LogP contribution in [0.2, 0.25) is 0 Å². The number of aryl methyl sites for hydroxylation is 1. The van der Waals surface area contributed by atoms with E-state index in [4.69, 9.17) is 0 Å². The van der Waals surface area contributed by atoms with Gasteiger partial charge in [-0.15, -0.1) is 0 Å². The number of imidazole rings is 1. The average Bonchev–Trinajstić information content (AvgIpc) is 2.98. The Morgan fingerprint density at radius 1 is 1.15 bits per heavy atom. The molecular weight excluding hydrogens is 360 g/mol. The minimum Gasteiger partial charge on any atom is -0.338 e. The molecule has 1 aliphatic heterocycles. The number of aromatic nitrogens is 4. The van der Waals surface area contributed by atoms with E-state index in [1.54, 1.807) is 24.2 Å². The third-order valence-corrected chi connectivity index (χ3v) is 5.91. The maximum atomic E-state index is 12.6. The topological polar surface area (TPSA) is 67.2 Å². The molecule has 3 rings (SSSR count). The highest BCUT2D eigenvalue weighted by Gasteiger charge is 2.23. The Labute approximate surface area is 165 Å². The molecule has 0 unspecified atom stereocenters. The van der Waals surface area contributed by atoms with Crippen molar-refractivity contribution < 1.29 is 4.79 Å². The van der Waals surface area contributed by atoms with Crippen LogP contribution in [0.1, 0.15) is 31.2 Å². The third-order valence-electron chi connectivity index (χ3n) is 4.95. The second-order valence-electron chi connectivity index (χ2n) is 6.78. The summed E-state index contributed by atoms with van der Waals surface area (Å²) in [4.78, 5) is 30.0. The number of thioether (sulfide) groups is 1. The van der Waals surface area contributed by atoms with E-state index in [1.165, 1.54) is 5.69 Å². The van der Waals surface area contributed by atoms with Crippen LogP contribution in [-0.4, -0.2) is 62.3 Å². The van der Waals surface area contributed by atoms with E-state index < -0.39 is 0 Å². The number of hydrogen-bond acceptors (Lipinski definition) is 6. The number of unbranched alkanes of at least 4 members (excludes halogenated alkanes) is 1. The number of carbonyl (C=O) groups excluding carboxylic acids is 1.